The third-order valence-corrected chi connectivity index (χ3v) is 3.53. The van der Waals surface area contributed by atoms with Crippen molar-refractivity contribution < 1.29 is 4.74 Å². The SMILES string of the molecule is c1cc(-c2c[nH]nn2)ccc1OCC1CCCC1. The van der Waals surface area contributed by atoms with E-state index >= 15 is 0 Å². The van der Waals surface area contributed by atoms with E-state index in [0.717, 1.165) is 29.5 Å². The van der Waals surface area contributed by atoms with Crippen molar-refractivity contribution in [3.63, 3.8) is 0 Å². The summed E-state index contributed by atoms with van der Waals surface area (Å²) in [5.74, 6) is 1.69. The van der Waals surface area contributed by atoms with Crippen LogP contribution in [-0.4, -0.2) is 22.0 Å². The zero-order valence-corrected chi connectivity index (χ0v) is 10.3. The van der Waals surface area contributed by atoms with Gasteiger partial charge in [0.25, 0.3) is 0 Å². The van der Waals surface area contributed by atoms with Gasteiger partial charge in [-0.1, -0.05) is 18.1 Å². The van der Waals surface area contributed by atoms with Crippen LogP contribution in [0, 0.1) is 5.92 Å². The largest absolute Gasteiger partial charge is 0.493 e. The molecule has 1 aromatic heterocycles. The van der Waals surface area contributed by atoms with Crippen LogP contribution in [0.1, 0.15) is 25.7 Å². The van der Waals surface area contributed by atoms with Gasteiger partial charge in [0.2, 0.25) is 0 Å². The Morgan fingerprint density at radius 2 is 1.94 bits per heavy atom. The van der Waals surface area contributed by atoms with Gasteiger partial charge in [-0.15, -0.1) is 5.10 Å². The van der Waals surface area contributed by atoms with E-state index in [1.807, 2.05) is 24.3 Å². The van der Waals surface area contributed by atoms with Crippen molar-refractivity contribution in [1.82, 2.24) is 15.4 Å². The molecule has 94 valence electrons. The molecule has 0 radical (unpaired) electrons. The van der Waals surface area contributed by atoms with Gasteiger partial charge >= 0.3 is 0 Å². The quantitative estimate of drug-likeness (QED) is 0.898. The fourth-order valence-corrected chi connectivity index (χ4v) is 2.46. The highest BCUT2D eigenvalue weighted by atomic mass is 16.5. The first-order chi connectivity index (χ1) is 8.92. The molecular weight excluding hydrogens is 226 g/mol. The second-order valence-corrected chi connectivity index (χ2v) is 4.84. The van der Waals surface area contributed by atoms with Crippen molar-refractivity contribution in [1.29, 1.82) is 0 Å². The lowest BCUT2D eigenvalue weighted by molar-refractivity contribution is 0.252. The molecule has 0 spiro atoms. The van der Waals surface area contributed by atoms with Crippen molar-refractivity contribution in [2.45, 2.75) is 25.7 Å². The molecule has 0 aliphatic heterocycles. The van der Waals surface area contributed by atoms with Crippen LogP contribution < -0.4 is 4.74 Å². The molecule has 1 saturated carbocycles. The smallest absolute Gasteiger partial charge is 0.119 e. The Bertz CT molecular complexity index is 472. The zero-order valence-electron chi connectivity index (χ0n) is 10.3. The molecule has 0 atom stereocenters. The molecule has 18 heavy (non-hydrogen) atoms. The maximum Gasteiger partial charge on any atom is 0.119 e. The van der Waals surface area contributed by atoms with Crippen molar-refractivity contribution in [3.8, 4) is 17.0 Å². The molecule has 0 saturated heterocycles. The van der Waals surface area contributed by atoms with Gasteiger partial charge in [-0.3, -0.25) is 5.10 Å². The summed E-state index contributed by atoms with van der Waals surface area (Å²) in [5, 5.41) is 10.4. The first-order valence-corrected chi connectivity index (χ1v) is 6.51. The molecule has 1 aliphatic rings. The Morgan fingerprint density at radius 3 is 2.61 bits per heavy atom. The van der Waals surface area contributed by atoms with Gasteiger partial charge in [0, 0.05) is 11.8 Å². The van der Waals surface area contributed by atoms with Crippen LogP contribution in [0.4, 0.5) is 0 Å². The highest BCUT2D eigenvalue weighted by molar-refractivity contribution is 5.58. The maximum absolute atomic E-state index is 5.82. The topological polar surface area (TPSA) is 50.8 Å². The third-order valence-electron chi connectivity index (χ3n) is 3.53. The Morgan fingerprint density at radius 1 is 1.17 bits per heavy atom. The maximum atomic E-state index is 5.82. The minimum absolute atomic E-state index is 0.750. The average molecular weight is 243 g/mol. The second-order valence-electron chi connectivity index (χ2n) is 4.84. The standard InChI is InChI=1S/C14H17N3O/c1-2-4-11(3-1)10-18-13-7-5-12(6-8-13)14-9-15-17-16-14/h5-9,11H,1-4,10H2,(H,15,16,17). The summed E-state index contributed by atoms with van der Waals surface area (Å²) in [4.78, 5) is 0. The number of rotatable bonds is 4. The number of hydrogen-bond donors (Lipinski definition) is 1. The summed E-state index contributed by atoms with van der Waals surface area (Å²) in [6, 6.07) is 8.03. The predicted octanol–water partition coefficient (Wildman–Crippen LogP) is 3.04. The van der Waals surface area contributed by atoms with E-state index in [2.05, 4.69) is 15.4 Å². The van der Waals surface area contributed by atoms with E-state index in [1.165, 1.54) is 25.7 Å². The lowest BCUT2D eigenvalue weighted by Gasteiger charge is -2.11. The lowest BCUT2D eigenvalue weighted by Crippen LogP contribution is -2.07. The Balaban J connectivity index is 1.60. The second kappa shape index (κ2) is 5.21. The summed E-state index contributed by atoms with van der Waals surface area (Å²) < 4.78 is 5.82. The van der Waals surface area contributed by atoms with E-state index in [-0.39, 0.29) is 0 Å². The van der Waals surface area contributed by atoms with Gasteiger partial charge in [-0.2, -0.15) is 0 Å². The number of nitrogens with one attached hydrogen (secondary N) is 1. The number of H-pyrrole nitrogens is 1. The van der Waals surface area contributed by atoms with Gasteiger partial charge < -0.3 is 4.74 Å². The van der Waals surface area contributed by atoms with Crippen LogP contribution in [0.5, 0.6) is 5.75 Å². The first kappa shape index (κ1) is 11.3. The molecule has 4 nitrogen and oxygen atoms in total. The first-order valence-electron chi connectivity index (χ1n) is 6.51. The van der Waals surface area contributed by atoms with E-state index in [4.69, 9.17) is 4.74 Å². The number of ether oxygens (including phenoxy) is 1. The van der Waals surface area contributed by atoms with E-state index in [1.54, 1.807) is 6.20 Å². The van der Waals surface area contributed by atoms with Crippen molar-refractivity contribution in [2.75, 3.05) is 6.61 Å². The normalized spacial score (nSPS) is 16.0. The average Bonchev–Trinajstić information content (AvgIpc) is 3.10. The Labute approximate surface area is 106 Å². The van der Waals surface area contributed by atoms with Crippen molar-refractivity contribution in [2.24, 2.45) is 5.92 Å². The number of benzene rings is 1. The molecule has 1 fully saturated rings. The van der Waals surface area contributed by atoms with Crippen LogP contribution in [-0.2, 0) is 0 Å². The summed E-state index contributed by atoms with van der Waals surface area (Å²) in [6.07, 6.45) is 7.14. The van der Waals surface area contributed by atoms with Gasteiger partial charge in [0.1, 0.15) is 11.4 Å². The molecule has 1 N–H and O–H groups in total. The summed E-state index contributed by atoms with van der Waals surface area (Å²) >= 11 is 0. The zero-order chi connectivity index (χ0) is 12.2. The minimum atomic E-state index is 0.750. The fraction of sp³-hybridized carbons (Fsp3) is 0.429. The Kier molecular flexibility index (Phi) is 3.26. The molecule has 0 unspecified atom stereocenters. The van der Waals surface area contributed by atoms with Gasteiger partial charge in [-0.25, -0.2) is 0 Å². The highest BCUT2D eigenvalue weighted by Gasteiger charge is 2.15. The third kappa shape index (κ3) is 2.53. The van der Waals surface area contributed by atoms with Crippen LogP contribution in [0.25, 0.3) is 11.3 Å². The molecule has 3 rings (SSSR count). The van der Waals surface area contributed by atoms with Crippen LogP contribution >= 0.6 is 0 Å². The number of hydrogen-bond acceptors (Lipinski definition) is 3. The highest BCUT2D eigenvalue weighted by Crippen LogP contribution is 2.26. The summed E-state index contributed by atoms with van der Waals surface area (Å²) in [5.41, 5.74) is 1.91. The molecule has 0 amide bonds. The van der Waals surface area contributed by atoms with Crippen LogP contribution in [0.3, 0.4) is 0 Å². The number of nitrogens with zero attached hydrogens (tertiary/aromatic N) is 2. The lowest BCUT2D eigenvalue weighted by atomic mass is 10.1. The van der Waals surface area contributed by atoms with Gasteiger partial charge in [-0.05, 0) is 43.0 Å². The molecule has 0 bridgehead atoms. The van der Waals surface area contributed by atoms with Crippen molar-refractivity contribution >= 4 is 0 Å². The van der Waals surface area contributed by atoms with Crippen molar-refractivity contribution in [3.05, 3.63) is 30.5 Å². The van der Waals surface area contributed by atoms with Crippen LogP contribution in [0.15, 0.2) is 30.5 Å². The molecule has 1 aliphatic carbocycles. The monoisotopic (exact) mass is 243 g/mol. The van der Waals surface area contributed by atoms with Crippen LogP contribution in [0.2, 0.25) is 0 Å². The van der Waals surface area contributed by atoms with E-state index in [9.17, 15) is 0 Å². The minimum Gasteiger partial charge on any atom is -0.493 e. The number of aromatic nitrogens is 3. The summed E-state index contributed by atoms with van der Waals surface area (Å²) in [6.45, 7) is 0.851. The van der Waals surface area contributed by atoms with E-state index in [0.29, 0.717) is 0 Å². The van der Waals surface area contributed by atoms with E-state index < -0.39 is 0 Å². The molecule has 4 heteroatoms. The molecule has 1 heterocycles. The van der Waals surface area contributed by atoms with Gasteiger partial charge in [0.05, 0.1) is 6.61 Å². The molecule has 2 aromatic rings. The van der Waals surface area contributed by atoms with Gasteiger partial charge in [0.15, 0.2) is 0 Å². The Hall–Kier alpha value is -1.84. The summed E-state index contributed by atoms with van der Waals surface area (Å²) in [7, 11) is 0. The molecular formula is C14H17N3O. The number of aromatic amines is 1. The molecule has 1 aromatic carbocycles. The fourth-order valence-electron chi connectivity index (χ4n) is 2.46. The predicted molar refractivity (Wildman–Crippen MR) is 69.3 cm³/mol.